The average molecular weight is 392 g/mol. The predicted octanol–water partition coefficient (Wildman–Crippen LogP) is 4.83. The van der Waals surface area contributed by atoms with E-state index in [1.165, 1.54) is 37.7 Å². The highest BCUT2D eigenvalue weighted by molar-refractivity contribution is 5.85. The van der Waals surface area contributed by atoms with E-state index in [0.29, 0.717) is 5.82 Å². The molecule has 1 aromatic carbocycles. The molecule has 1 aliphatic heterocycles. The highest BCUT2D eigenvalue weighted by Gasteiger charge is 2.27. The zero-order valence-electron chi connectivity index (χ0n) is 16.3. The molecule has 0 bridgehead atoms. The minimum Gasteiger partial charge on any atom is -0.487 e. The lowest BCUT2D eigenvalue weighted by Gasteiger charge is -2.32. The number of hydrogen-bond acceptors (Lipinski definition) is 4. The molecular weight excluding hydrogens is 362 g/mol. The molecular formula is C21H30ClN3O2. The summed E-state index contributed by atoms with van der Waals surface area (Å²) < 4.78 is 6.06. The fraction of sp³-hybridized carbons (Fsp3) is 0.619. The van der Waals surface area contributed by atoms with Crippen LogP contribution in [0.25, 0.3) is 11.0 Å². The second-order valence-corrected chi connectivity index (χ2v) is 8.47. The zero-order valence-corrected chi connectivity index (χ0v) is 17.1. The second-order valence-electron chi connectivity index (χ2n) is 8.47. The fourth-order valence-corrected chi connectivity index (χ4v) is 4.22. The minimum absolute atomic E-state index is 0. The Morgan fingerprint density at radius 3 is 2.81 bits per heavy atom. The van der Waals surface area contributed by atoms with Crippen molar-refractivity contribution >= 4 is 29.3 Å². The van der Waals surface area contributed by atoms with Gasteiger partial charge in [0, 0.05) is 12.6 Å². The molecule has 0 saturated heterocycles. The van der Waals surface area contributed by atoms with Crippen LogP contribution in [0.4, 0.5) is 5.82 Å². The first-order chi connectivity index (χ1) is 12.5. The van der Waals surface area contributed by atoms with Crippen LogP contribution in [0.3, 0.4) is 0 Å². The molecule has 1 aromatic heterocycles. The SMILES string of the molecule is CC1(C)CCc2cc3nc(NCCC4CCCCC4)c(=O)[nH]c3cc2O1.Cl. The molecule has 2 aliphatic rings. The number of aromatic amines is 1. The van der Waals surface area contributed by atoms with Gasteiger partial charge in [0.05, 0.1) is 11.0 Å². The molecule has 6 heteroatoms. The maximum absolute atomic E-state index is 12.4. The number of nitrogens with one attached hydrogen (secondary N) is 2. The van der Waals surface area contributed by atoms with Crippen molar-refractivity contribution in [2.45, 2.75) is 70.8 Å². The molecule has 4 rings (SSSR count). The van der Waals surface area contributed by atoms with E-state index in [1.807, 2.05) is 6.07 Å². The third-order valence-electron chi connectivity index (χ3n) is 5.83. The number of hydrogen-bond donors (Lipinski definition) is 2. The summed E-state index contributed by atoms with van der Waals surface area (Å²) in [5.41, 5.74) is 2.42. The van der Waals surface area contributed by atoms with Crippen molar-refractivity contribution in [3.05, 3.63) is 28.0 Å². The molecule has 2 heterocycles. The van der Waals surface area contributed by atoms with Crippen LogP contribution in [0, 0.1) is 5.92 Å². The Labute approximate surface area is 166 Å². The Hall–Kier alpha value is -1.75. The summed E-state index contributed by atoms with van der Waals surface area (Å²) in [5.74, 6) is 2.10. The summed E-state index contributed by atoms with van der Waals surface area (Å²) in [6.07, 6.45) is 9.81. The monoisotopic (exact) mass is 391 g/mol. The summed E-state index contributed by atoms with van der Waals surface area (Å²) in [4.78, 5) is 19.9. The molecule has 148 valence electrons. The van der Waals surface area contributed by atoms with Gasteiger partial charge in [-0.2, -0.15) is 0 Å². The predicted molar refractivity (Wildman–Crippen MR) is 112 cm³/mol. The van der Waals surface area contributed by atoms with Gasteiger partial charge < -0.3 is 15.0 Å². The molecule has 0 spiro atoms. The number of H-pyrrole nitrogens is 1. The maximum atomic E-state index is 12.4. The van der Waals surface area contributed by atoms with E-state index >= 15 is 0 Å². The van der Waals surface area contributed by atoms with E-state index < -0.39 is 0 Å². The molecule has 2 aromatic rings. The molecule has 1 aliphatic carbocycles. The van der Waals surface area contributed by atoms with Crippen LogP contribution in [0.15, 0.2) is 16.9 Å². The molecule has 0 radical (unpaired) electrons. The minimum atomic E-state index is -0.158. The van der Waals surface area contributed by atoms with Gasteiger partial charge in [-0.05, 0) is 50.7 Å². The van der Waals surface area contributed by atoms with Crippen LogP contribution in [0.1, 0.15) is 64.4 Å². The first kappa shape index (κ1) is 20.0. The van der Waals surface area contributed by atoms with Gasteiger partial charge in [-0.25, -0.2) is 4.98 Å². The summed E-state index contributed by atoms with van der Waals surface area (Å²) in [6, 6.07) is 3.98. The van der Waals surface area contributed by atoms with E-state index in [0.717, 1.165) is 48.5 Å². The molecule has 5 nitrogen and oxygen atoms in total. The molecule has 0 unspecified atom stereocenters. The molecule has 2 N–H and O–H groups in total. The van der Waals surface area contributed by atoms with Crippen molar-refractivity contribution in [3.8, 4) is 5.75 Å². The van der Waals surface area contributed by atoms with Crippen LogP contribution >= 0.6 is 12.4 Å². The number of fused-ring (bicyclic) bond motifs is 2. The molecule has 1 fully saturated rings. The van der Waals surface area contributed by atoms with Crippen LogP contribution in [0.2, 0.25) is 0 Å². The van der Waals surface area contributed by atoms with Crippen LogP contribution < -0.4 is 15.6 Å². The van der Waals surface area contributed by atoms with E-state index in [2.05, 4.69) is 35.2 Å². The molecule has 0 atom stereocenters. The number of aromatic nitrogens is 2. The number of rotatable bonds is 4. The number of ether oxygens (including phenoxy) is 1. The van der Waals surface area contributed by atoms with Crippen molar-refractivity contribution in [2.24, 2.45) is 5.92 Å². The van der Waals surface area contributed by atoms with Crippen molar-refractivity contribution in [1.82, 2.24) is 9.97 Å². The van der Waals surface area contributed by atoms with Gasteiger partial charge in [-0.15, -0.1) is 12.4 Å². The largest absolute Gasteiger partial charge is 0.487 e. The number of halogens is 1. The summed E-state index contributed by atoms with van der Waals surface area (Å²) in [7, 11) is 0. The normalized spacial score (nSPS) is 19.0. The zero-order chi connectivity index (χ0) is 18.1. The summed E-state index contributed by atoms with van der Waals surface area (Å²) in [6.45, 7) is 5.01. The van der Waals surface area contributed by atoms with Crippen LogP contribution in [-0.2, 0) is 6.42 Å². The van der Waals surface area contributed by atoms with Gasteiger partial charge in [0.25, 0.3) is 5.56 Å². The Bertz CT molecular complexity index is 856. The van der Waals surface area contributed by atoms with Gasteiger partial charge in [-0.3, -0.25) is 4.79 Å². The van der Waals surface area contributed by atoms with Crippen LogP contribution in [-0.4, -0.2) is 22.1 Å². The first-order valence-electron chi connectivity index (χ1n) is 10.00. The van der Waals surface area contributed by atoms with E-state index in [4.69, 9.17) is 4.74 Å². The van der Waals surface area contributed by atoms with Gasteiger partial charge in [0.15, 0.2) is 5.82 Å². The lowest BCUT2D eigenvalue weighted by Crippen LogP contribution is -2.32. The van der Waals surface area contributed by atoms with E-state index in [-0.39, 0.29) is 23.6 Å². The smallest absolute Gasteiger partial charge is 0.291 e. The Balaban J connectivity index is 0.00000210. The van der Waals surface area contributed by atoms with Gasteiger partial charge in [0.2, 0.25) is 0 Å². The standard InChI is InChI=1S/C21H29N3O2.ClH/c1-21(2)10-8-15-12-16-17(13-18(15)26-21)24-20(25)19(23-16)22-11-9-14-6-4-3-5-7-14;/h12-14H,3-11H2,1-2H3,(H,22,23)(H,24,25);1H. The highest BCUT2D eigenvalue weighted by Crippen LogP contribution is 2.35. The van der Waals surface area contributed by atoms with Crippen molar-refractivity contribution in [1.29, 1.82) is 0 Å². The summed E-state index contributed by atoms with van der Waals surface area (Å²) in [5, 5.41) is 3.26. The van der Waals surface area contributed by atoms with Gasteiger partial charge >= 0.3 is 0 Å². The topological polar surface area (TPSA) is 67.0 Å². The van der Waals surface area contributed by atoms with Gasteiger partial charge in [0.1, 0.15) is 11.4 Å². The third kappa shape index (κ3) is 4.57. The Morgan fingerprint density at radius 2 is 2.04 bits per heavy atom. The average Bonchev–Trinajstić information content (AvgIpc) is 2.61. The van der Waals surface area contributed by atoms with Crippen molar-refractivity contribution in [3.63, 3.8) is 0 Å². The Morgan fingerprint density at radius 1 is 1.26 bits per heavy atom. The number of anilines is 1. The Kier molecular flexibility index (Phi) is 5.99. The van der Waals surface area contributed by atoms with Crippen LogP contribution in [0.5, 0.6) is 5.75 Å². The fourth-order valence-electron chi connectivity index (χ4n) is 4.22. The van der Waals surface area contributed by atoms with Gasteiger partial charge in [-0.1, -0.05) is 32.1 Å². The quantitative estimate of drug-likeness (QED) is 0.783. The van der Waals surface area contributed by atoms with Crippen molar-refractivity contribution < 1.29 is 4.74 Å². The number of benzene rings is 1. The lowest BCUT2D eigenvalue weighted by molar-refractivity contribution is 0.0849. The third-order valence-corrected chi connectivity index (χ3v) is 5.83. The molecule has 0 amide bonds. The molecule has 27 heavy (non-hydrogen) atoms. The highest BCUT2D eigenvalue weighted by atomic mass is 35.5. The van der Waals surface area contributed by atoms with E-state index in [9.17, 15) is 4.79 Å². The number of aryl methyl sites for hydroxylation is 1. The lowest BCUT2D eigenvalue weighted by atomic mass is 9.87. The number of nitrogens with zero attached hydrogens (tertiary/aromatic N) is 1. The van der Waals surface area contributed by atoms with E-state index in [1.54, 1.807) is 0 Å². The first-order valence-corrected chi connectivity index (χ1v) is 10.00. The molecule has 1 saturated carbocycles. The van der Waals surface area contributed by atoms with Crippen molar-refractivity contribution in [2.75, 3.05) is 11.9 Å². The summed E-state index contributed by atoms with van der Waals surface area (Å²) >= 11 is 0. The second kappa shape index (κ2) is 8.09. The maximum Gasteiger partial charge on any atom is 0.291 e.